The number of carbonyl (C=O) groups is 5. The summed E-state index contributed by atoms with van der Waals surface area (Å²) in [6, 6.07) is 11.3. The van der Waals surface area contributed by atoms with Crippen molar-refractivity contribution in [2.45, 2.75) is 90.5 Å². The first kappa shape index (κ1) is 55.9. The standard InChI is InChI=1S/C26H37FN2O7S.C20H28FN3O5S/c1-25(2,3)24(32)28-13-14-29(22(30)16-28)18-37(33,34)21-10-8-20(9-11-21)35-17-19(15-27)7-12-23(31)36-26(4,5)6;1-20(2,3)19(26)23-8-9-24(18(25)12-23)14-30(27,28)17-6-4-16(5-7-17)29-13-15(10-21)11-22/h8-11,15H,7,12-14,16-18H2,1-6H3;4-7,10H,8-9,11-14,22H2,1-3H3/b19-15+;15-10+. The summed E-state index contributed by atoms with van der Waals surface area (Å²) in [6.45, 7) is 16.3. The van der Waals surface area contributed by atoms with Crippen LogP contribution in [0.1, 0.15) is 75.2 Å². The molecule has 0 saturated carbocycles. The maximum Gasteiger partial charge on any atom is 0.306 e. The fourth-order valence-corrected chi connectivity index (χ4v) is 9.10. The van der Waals surface area contributed by atoms with E-state index < -0.39 is 65.6 Å². The smallest absolute Gasteiger partial charge is 0.306 e. The molecule has 2 aromatic carbocycles. The van der Waals surface area contributed by atoms with Crippen molar-refractivity contribution in [2.75, 3.05) is 70.8 Å². The number of esters is 1. The molecule has 4 amide bonds. The van der Waals surface area contributed by atoms with Crippen LogP contribution >= 0.6 is 0 Å². The number of ether oxygens (including phenoxy) is 3. The van der Waals surface area contributed by atoms with Gasteiger partial charge in [0.05, 0.1) is 35.5 Å². The van der Waals surface area contributed by atoms with Gasteiger partial charge in [0, 0.05) is 55.5 Å². The molecule has 2 aliphatic rings. The third-order valence-corrected chi connectivity index (χ3v) is 13.3. The van der Waals surface area contributed by atoms with E-state index in [0.717, 1.165) is 0 Å². The van der Waals surface area contributed by atoms with Crippen LogP contribution in [0.5, 0.6) is 11.5 Å². The predicted molar refractivity (Wildman–Crippen MR) is 246 cm³/mol. The number of hydrogen-bond donors (Lipinski definition) is 1. The summed E-state index contributed by atoms with van der Waals surface area (Å²) in [4.78, 5) is 66.9. The normalized spacial score (nSPS) is 15.8. The number of piperazine rings is 2. The van der Waals surface area contributed by atoms with Crippen molar-refractivity contribution in [3.63, 3.8) is 0 Å². The van der Waals surface area contributed by atoms with Crippen LogP contribution in [0.2, 0.25) is 0 Å². The van der Waals surface area contributed by atoms with E-state index in [1.165, 1.54) is 68.1 Å². The third-order valence-electron chi connectivity index (χ3n) is 10.0. The molecular weight excluding hydrogens is 917 g/mol. The quantitative estimate of drug-likeness (QED) is 0.224. The van der Waals surface area contributed by atoms with E-state index in [2.05, 4.69) is 0 Å². The molecule has 0 atom stereocenters. The van der Waals surface area contributed by atoms with Crippen LogP contribution in [0, 0.1) is 10.8 Å². The first-order chi connectivity index (χ1) is 31.0. The highest BCUT2D eigenvalue weighted by Crippen LogP contribution is 2.24. The van der Waals surface area contributed by atoms with Gasteiger partial charge in [0.25, 0.3) is 0 Å². The summed E-state index contributed by atoms with van der Waals surface area (Å²) in [5, 5.41) is 0. The summed E-state index contributed by atoms with van der Waals surface area (Å²) in [5.74, 6) is -1.85. The molecule has 2 fully saturated rings. The molecule has 0 spiro atoms. The minimum atomic E-state index is -3.82. The zero-order valence-corrected chi connectivity index (χ0v) is 41.4. The van der Waals surface area contributed by atoms with Crippen molar-refractivity contribution in [3.05, 3.63) is 72.3 Å². The summed E-state index contributed by atoms with van der Waals surface area (Å²) in [6.07, 6.45) is 0.894. The second-order valence-corrected chi connectivity index (χ2v) is 23.0. The Morgan fingerprint density at radius 2 is 0.985 bits per heavy atom. The molecule has 21 heteroatoms. The SMILES string of the molecule is CC(C)(C)C(=O)N1CCN(CS(=O)(=O)c2ccc(OC/C(=C/F)CN)cc2)C(=O)C1.CC(C)(C)OC(=O)CC/C(=C\F)COc1ccc(S(=O)(=O)CN2CCN(C(=O)C(C)(C)C)CC2=O)cc1. The summed E-state index contributed by atoms with van der Waals surface area (Å²) >= 11 is 0. The molecular formula is C46H65F2N5O12S2. The van der Waals surface area contributed by atoms with Crippen LogP contribution in [0.3, 0.4) is 0 Å². The average molecular weight is 982 g/mol. The number of hydrogen-bond acceptors (Lipinski definition) is 13. The number of rotatable bonds is 16. The Morgan fingerprint density at radius 1 is 0.612 bits per heavy atom. The molecule has 0 unspecified atom stereocenters. The van der Waals surface area contributed by atoms with Gasteiger partial charge in [-0.3, -0.25) is 24.0 Å². The molecule has 372 valence electrons. The Kier molecular flexibility index (Phi) is 19.7. The number of sulfone groups is 2. The lowest BCUT2D eigenvalue weighted by atomic mass is 9.94. The second kappa shape index (κ2) is 23.5. The van der Waals surface area contributed by atoms with E-state index in [1.54, 1.807) is 62.3 Å². The Labute approximate surface area is 393 Å². The topological polar surface area (TPSA) is 220 Å². The van der Waals surface area contributed by atoms with Crippen LogP contribution in [-0.2, 0) is 48.4 Å². The van der Waals surface area contributed by atoms with Gasteiger partial charge in [0.15, 0.2) is 19.7 Å². The van der Waals surface area contributed by atoms with E-state index in [4.69, 9.17) is 19.9 Å². The molecule has 0 bridgehead atoms. The number of benzene rings is 2. The molecule has 2 saturated heterocycles. The average Bonchev–Trinajstić information content (AvgIpc) is 3.24. The van der Waals surface area contributed by atoms with Gasteiger partial charge in [-0.1, -0.05) is 41.5 Å². The Balaban J connectivity index is 0.000000363. The van der Waals surface area contributed by atoms with Crippen LogP contribution in [0.4, 0.5) is 8.78 Å². The number of nitrogens with two attached hydrogens (primary N) is 1. The second-order valence-electron chi connectivity index (χ2n) is 19.1. The van der Waals surface area contributed by atoms with Crippen molar-refractivity contribution in [1.29, 1.82) is 0 Å². The lowest BCUT2D eigenvalue weighted by molar-refractivity contribution is -0.154. The van der Waals surface area contributed by atoms with Crippen LogP contribution < -0.4 is 15.2 Å². The van der Waals surface area contributed by atoms with Gasteiger partial charge in [-0.05, 0) is 81.3 Å². The molecule has 2 N–H and O–H groups in total. The van der Waals surface area contributed by atoms with Crippen molar-refractivity contribution in [3.8, 4) is 11.5 Å². The van der Waals surface area contributed by atoms with E-state index in [-0.39, 0.29) is 105 Å². The van der Waals surface area contributed by atoms with Crippen molar-refractivity contribution < 1.29 is 63.8 Å². The lowest BCUT2D eigenvalue weighted by Gasteiger charge is -2.36. The molecule has 0 aliphatic carbocycles. The Hall–Kier alpha value is -5.41. The maximum atomic E-state index is 13.2. The molecule has 17 nitrogen and oxygen atoms in total. The van der Waals surface area contributed by atoms with Gasteiger partial charge in [0.1, 0.15) is 42.1 Å². The van der Waals surface area contributed by atoms with Crippen molar-refractivity contribution in [1.82, 2.24) is 19.6 Å². The van der Waals surface area contributed by atoms with E-state index in [0.29, 0.717) is 24.2 Å². The molecule has 0 aromatic heterocycles. The first-order valence-electron chi connectivity index (χ1n) is 21.5. The molecule has 0 radical (unpaired) electrons. The van der Waals surface area contributed by atoms with Gasteiger partial charge in [-0.2, -0.15) is 0 Å². The van der Waals surface area contributed by atoms with Crippen molar-refractivity contribution >= 4 is 49.3 Å². The first-order valence-corrected chi connectivity index (χ1v) is 24.8. The van der Waals surface area contributed by atoms with Crippen LogP contribution in [-0.4, -0.2) is 142 Å². The van der Waals surface area contributed by atoms with E-state index >= 15 is 0 Å². The molecule has 2 aliphatic heterocycles. The number of amides is 4. The van der Waals surface area contributed by atoms with Gasteiger partial charge in [0.2, 0.25) is 23.6 Å². The maximum absolute atomic E-state index is 13.2. The minimum Gasteiger partial charge on any atom is -0.489 e. The third kappa shape index (κ3) is 17.6. The predicted octanol–water partition coefficient (Wildman–Crippen LogP) is 4.81. The highest BCUT2D eigenvalue weighted by molar-refractivity contribution is 7.91. The number of carbonyl (C=O) groups excluding carboxylic acids is 5. The van der Waals surface area contributed by atoms with E-state index in [1.807, 2.05) is 0 Å². The Bertz CT molecular complexity index is 2350. The summed E-state index contributed by atoms with van der Waals surface area (Å²) < 4.78 is 93.0. The lowest BCUT2D eigenvalue weighted by Crippen LogP contribution is -2.55. The van der Waals surface area contributed by atoms with E-state index in [9.17, 15) is 49.6 Å². The fourth-order valence-electron chi connectivity index (χ4n) is 6.33. The largest absolute Gasteiger partial charge is 0.489 e. The van der Waals surface area contributed by atoms with Gasteiger partial charge < -0.3 is 39.5 Å². The highest BCUT2D eigenvalue weighted by Gasteiger charge is 2.36. The monoisotopic (exact) mass is 981 g/mol. The van der Waals surface area contributed by atoms with Crippen LogP contribution in [0.15, 0.2) is 82.1 Å². The minimum absolute atomic E-state index is 0.00487. The van der Waals surface area contributed by atoms with Crippen molar-refractivity contribution in [2.24, 2.45) is 16.6 Å². The zero-order chi connectivity index (χ0) is 50.5. The Morgan fingerprint density at radius 3 is 1.30 bits per heavy atom. The molecule has 2 aromatic rings. The van der Waals surface area contributed by atoms with Gasteiger partial charge in [-0.15, -0.1) is 0 Å². The summed E-state index contributed by atoms with van der Waals surface area (Å²) in [7, 11) is -7.58. The number of nitrogens with zero attached hydrogens (tertiary/aromatic N) is 4. The zero-order valence-electron chi connectivity index (χ0n) is 39.8. The molecule has 4 rings (SSSR count). The van der Waals surface area contributed by atoms with Gasteiger partial charge in [-0.25, -0.2) is 25.6 Å². The fraction of sp³-hybridized carbons (Fsp3) is 0.543. The number of halogens is 2. The van der Waals surface area contributed by atoms with Crippen LogP contribution in [0.25, 0.3) is 0 Å². The highest BCUT2D eigenvalue weighted by atomic mass is 32.2. The molecule has 67 heavy (non-hydrogen) atoms. The van der Waals surface area contributed by atoms with Gasteiger partial charge >= 0.3 is 5.97 Å². The molecule has 2 heterocycles. The summed E-state index contributed by atoms with van der Waals surface area (Å²) in [5.41, 5.74) is 4.02.